The molecule has 0 heterocycles. The van der Waals surface area contributed by atoms with Gasteiger partial charge < -0.3 is 10.2 Å². The molecule has 1 aliphatic rings. The molecule has 1 aromatic carbocycles. The lowest BCUT2D eigenvalue weighted by Gasteiger charge is -2.30. The molecule has 1 aliphatic carbocycles. The number of nitrogens with zero attached hydrogens (tertiary/aromatic N) is 1. The first-order valence-corrected chi connectivity index (χ1v) is 9.59. The van der Waals surface area contributed by atoms with E-state index in [1.165, 1.54) is 6.92 Å². The molecule has 2 rings (SSSR count). The molecule has 0 spiro atoms. The van der Waals surface area contributed by atoms with Crippen LogP contribution in [0.2, 0.25) is 0 Å². The average molecular weight is 358 g/mol. The van der Waals surface area contributed by atoms with Crippen LogP contribution in [0.15, 0.2) is 24.3 Å². The van der Waals surface area contributed by atoms with Crippen LogP contribution < -0.4 is 5.32 Å². The van der Waals surface area contributed by atoms with Crippen LogP contribution in [0.5, 0.6) is 0 Å². The minimum Gasteiger partial charge on any atom is -0.346 e. The number of Topliss-reactive ketones (excluding diaryl/α,β-unsaturated/α-hetero) is 1. The van der Waals surface area contributed by atoms with E-state index in [1.807, 2.05) is 11.9 Å². The van der Waals surface area contributed by atoms with Crippen LogP contribution in [0.4, 0.5) is 5.69 Å². The van der Waals surface area contributed by atoms with Gasteiger partial charge in [-0.15, -0.1) is 0 Å². The quantitative estimate of drug-likeness (QED) is 0.752. The van der Waals surface area contributed by atoms with E-state index in [1.54, 1.807) is 24.3 Å². The normalized spacial score (nSPS) is 19.7. The fourth-order valence-electron chi connectivity index (χ4n) is 3.48. The Kier molecular flexibility index (Phi) is 7.37. The third kappa shape index (κ3) is 5.41. The molecule has 0 radical (unpaired) electrons. The number of hydrogen-bond acceptors (Lipinski definition) is 3. The van der Waals surface area contributed by atoms with Crippen molar-refractivity contribution in [2.24, 2.45) is 11.8 Å². The Hall–Kier alpha value is -2.17. The van der Waals surface area contributed by atoms with E-state index in [0.29, 0.717) is 11.3 Å². The number of amides is 2. The number of carbonyl (C=O) groups is 3. The van der Waals surface area contributed by atoms with Crippen LogP contribution in [0, 0.1) is 11.8 Å². The monoisotopic (exact) mass is 358 g/mol. The van der Waals surface area contributed by atoms with Crippen molar-refractivity contribution in [3.63, 3.8) is 0 Å². The smallest absolute Gasteiger partial charge is 0.227 e. The Balaban J connectivity index is 1.85. The van der Waals surface area contributed by atoms with E-state index in [-0.39, 0.29) is 29.4 Å². The second kappa shape index (κ2) is 9.51. The number of unbranched alkanes of at least 4 members (excludes halogenated alkanes) is 1. The second-order valence-electron chi connectivity index (χ2n) is 7.29. The van der Waals surface area contributed by atoms with E-state index in [9.17, 15) is 14.4 Å². The number of rotatable bonds is 7. The SMILES string of the molecule is CCCCN(C)C(=O)C1CCC(C(=O)Nc2cccc(C(C)=O)c2)CC1. The standard InChI is InChI=1S/C21H30N2O3/c1-4-5-13-23(3)21(26)17-11-9-16(10-12-17)20(25)22-19-8-6-7-18(14-19)15(2)24/h6-8,14,16-17H,4-5,9-13H2,1-3H3,(H,22,25). The van der Waals surface area contributed by atoms with Gasteiger partial charge in [-0.05, 0) is 51.2 Å². The Morgan fingerprint density at radius 2 is 1.77 bits per heavy atom. The van der Waals surface area contributed by atoms with E-state index < -0.39 is 0 Å². The molecule has 142 valence electrons. The molecule has 0 bridgehead atoms. The average Bonchev–Trinajstić information content (AvgIpc) is 2.65. The van der Waals surface area contributed by atoms with Gasteiger partial charge in [0.1, 0.15) is 0 Å². The van der Waals surface area contributed by atoms with Crippen LogP contribution >= 0.6 is 0 Å². The van der Waals surface area contributed by atoms with Gasteiger partial charge in [-0.2, -0.15) is 0 Å². The highest BCUT2D eigenvalue weighted by Gasteiger charge is 2.31. The number of benzene rings is 1. The molecular formula is C21H30N2O3. The summed E-state index contributed by atoms with van der Waals surface area (Å²) in [6.45, 7) is 4.44. The van der Waals surface area contributed by atoms with Gasteiger partial charge in [0.15, 0.2) is 5.78 Å². The molecule has 0 unspecified atom stereocenters. The van der Waals surface area contributed by atoms with Gasteiger partial charge in [0.05, 0.1) is 0 Å². The van der Waals surface area contributed by atoms with E-state index >= 15 is 0 Å². The fourth-order valence-corrected chi connectivity index (χ4v) is 3.48. The van der Waals surface area contributed by atoms with Crippen molar-refractivity contribution >= 4 is 23.3 Å². The van der Waals surface area contributed by atoms with Crippen LogP contribution in [0.1, 0.15) is 62.7 Å². The van der Waals surface area contributed by atoms with Crippen molar-refractivity contribution < 1.29 is 14.4 Å². The molecule has 1 aromatic rings. The van der Waals surface area contributed by atoms with Crippen molar-refractivity contribution in [2.45, 2.75) is 52.4 Å². The second-order valence-corrected chi connectivity index (χ2v) is 7.29. The highest BCUT2D eigenvalue weighted by molar-refractivity contribution is 5.97. The topological polar surface area (TPSA) is 66.5 Å². The van der Waals surface area contributed by atoms with Crippen molar-refractivity contribution in [3.05, 3.63) is 29.8 Å². The zero-order valence-electron chi connectivity index (χ0n) is 16.1. The van der Waals surface area contributed by atoms with Gasteiger partial charge in [0.25, 0.3) is 0 Å². The molecule has 5 nitrogen and oxygen atoms in total. The largest absolute Gasteiger partial charge is 0.346 e. The zero-order chi connectivity index (χ0) is 19.1. The Morgan fingerprint density at radius 3 is 2.38 bits per heavy atom. The molecule has 1 saturated carbocycles. The third-order valence-electron chi connectivity index (χ3n) is 5.21. The maximum atomic E-state index is 12.5. The summed E-state index contributed by atoms with van der Waals surface area (Å²) in [6.07, 6.45) is 5.10. The van der Waals surface area contributed by atoms with Crippen LogP contribution in [0.25, 0.3) is 0 Å². The number of nitrogens with one attached hydrogen (secondary N) is 1. The molecule has 0 saturated heterocycles. The van der Waals surface area contributed by atoms with Crippen molar-refractivity contribution in [1.82, 2.24) is 4.90 Å². The maximum Gasteiger partial charge on any atom is 0.227 e. The van der Waals surface area contributed by atoms with Crippen LogP contribution in [-0.2, 0) is 9.59 Å². The molecule has 1 fully saturated rings. The van der Waals surface area contributed by atoms with Crippen molar-refractivity contribution in [3.8, 4) is 0 Å². The molecule has 0 atom stereocenters. The zero-order valence-corrected chi connectivity index (χ0v) is 16.1. The highest BCUT2D eigenvalue weighted by Crippen LogP contribution is 2.31. The Morgan fingerprint density at radius 1 is 1.12 bits per heavy atom. The van der Waals surface area contributed by atoms with Gasteiger partial charge in [-0.1, -0.05) is 25.5 Å². The number of carbonyl (C=O) groups excluding carboxylic acids is 3. The predicted octanol–water partition coefficient (Wildman–Crippen LogP) is 3.89. The van der Waals surface area contributed by atoms with Crippen LogP contribution in [0.3, 0.4) is 0 Å². The molecule has 0 aliphatic heterocycles. The van der Waals surface area contributed by atoms with E-state index in [0.717, 1.165) is 45.1 Å². The van der Waals surface area contributed by atoms with Crippen molar-refractivity contribution in [2.75, 3.05) is 18.9 Å². The first-order valence-electron chi connectivity index (χ1n) is 9.59. The molecule has 0 aromatic heterocycles. The summed E-state index contributed by atoms with van der Waals surface area (Å²) in [4.78, 5) is 38.3. The third-order valence-corrected chi connectivity index (χ3v) is 5.21. The molecule has 2 amide bonds. The minimum absolute atomic E-state index is 0.0176. The summed E-state index contributed by atoms with van der Waals surface area (Å²) >= 11 is 0. The van der Waals surface area contributed by atoms with E-state index in [2.05, 4.69) is 12.2 Å². The van der Waals surface area contributed by atoms with Gasteiger partial charge in [0, 0.05) is 36.7 Å². The summed E-state index contributed by atoms with van der Waals surface area (Å²) in [5.41, 5.74) is 1.24. The number of ketones is 1. The number of hydrogen-bond donors (Lipinski definition) is 1. The van der Waals surface area contributed by atoms with Gasteiger partial charge >= 0.3 is 0 Å². The maximum absolute atomic E-state index is 12.5. The first-order chi connectivity index (χ1) is 12.4. The molecule has 5 heteroatoms. The number of anilines is 1. The van der Waals surface area contributed by atoms with Crippen molar-refractivity contribution in [1.29, 1.82) is 0 Å². The van der Waals surface area contributed by atoms with E-state index in [4.69, 9.17) is 0 Å². The summed E-state index contributed by atoms with van der Waals surface area (Å²) in [5, 5.41) is 2.92. The lowest BCUT2D eigenvalue weighted by Crippen LogP contribution is -2.37. The van der Waals surface area contributed by atoms with Gasteiger partial charge in [-0.25, -0.2) is 0 Å². The summed E-state index contributed by atoms with van der Waals surface area (Å²) < 4.78 is 0. The lowest BCUT2D eigenvalue weighted by atomic mass is 9.81. The Labute approximate surface area is 156 Å². The Bertz CT molecular complexity index is 648. The summed E-state index contributed by atoms with van der Waals surface area (Å²) in [6, 6.07) is 7.01. The van der Waals surface area contributed by atoms with Crippen LogP contribution in [-0.4, -0.2) is 36.1 Å². The fraction of sp³-hybridized carbons (Fsp3) is 0.571. The highest BCUT2D eigenvalue weighted by atomic mass is 16.2. The first kappa shape index (κ1) is 20.1. The summed E-state index contributed by atoms with van der Waals surface area (Å²) in [5.74, 6) is 0.151. The predicted molar refractivity (Wildman–Crippen MR) is 103 cm³/mol. The molecule has 1 N–H and O–H groups in total. The minimum atomic E-state index is -0.0685. The molecule has 26 heavy (non-hydrogen) atoms. The van der Waals surface area contributed by atoms with Gasteiger partial charge in [0.2, 0.25) is 11.8 Å². The lowest BCUT2D eigenvalue weighted by molar-refractivity contribution is -0.136. The summed E-state index contributed by atoms with van der Waals surface area (Å²) in [7, 11) is 1.87. The molecular weight excluding hydrogens is 328 g/mol. The van der Waals surface area contributed by atoms with Gasteiger partial charge in [-0.3, -0.25) is 14.4 Å².